The quantitative estimate of drug-likeness (QED) is 0.739. The first kappa shape index (κ1) is 16.3. The zero-order chi connectivity index (χ0) is 14.3. The van der Waals surface area contributed by atoms with E-state index in [9.17, 15) is 0 Å². The Kier molecular flexibility index (Phi) is 7.17. The van der Waals surface area contributed by atoms with Crippen molar-refractivity contribution in [3.63, 3.8) is 0 Å². The van der Waals surface area contributed by atoms with Crippen LogP contribution in [0.2, 0.25) is 0 Å². The van der Waals surface area contributed by atoms with E-state index in [1.165, 1.54) is 18.4 Å². The van der Waals surface area contributed by atoms with Gasteiger partial charge in [-0.15, -0.1) is 0 Å². The molecule has 0 aromatic carbocycles. The molecule has 0 fully saturated rings. The van der Waals surface area contributed by atoms with Crippen molar-refractivity contribution in [2.45, 2.75) is 59.7 Å². The lowest BCUT2D eigenvalue weighted by Crippen LogP contribution is -2.29. The number of hydrogen-bond donors (Lipinski definition) is 1. The molecule has 1 unspecified atom stereocenters. The summed E-state index contributed by atoms with van der Waals surface area (Å²) in [6, 6.07) is 2.69. The molecule has 0 amide bonds. The second-order valence-corrected chi connectivity index (χ2v) is 5.95. The van der Waals surface area contributed by atoms with Crippen molar-refractivity contribution in [1.82, 2.24) is 10.2 Å². The first-order valence-corrected chi connectivity index (χ1v) is 7.50. The van der Waals surface area contributed by atoms with Crippen molar-refractivity contribution in [3.8, 4) is 0 Å². The first-order valence-electron chi connectivity index (χ1n) is 7.50. The number of furan rings is 1. The Morgan fingerprint density at radius 2 is 2.05 bits per heavy atom. The minimum absolute atomic E-state index is 0.603. The summed E-state index contributed by atoms with van der Waals surface area (Å²) in [5.41, 5.74) is 1.29. The maximum atomic E-state index is 5.64. The average Bonchev–Trinajstić information content (AvgIpc) is 2.76. The molecule has 1 aromatic heterocycles. The van der Waals surface area contributed by atoms with E-state index in [1.807, 2.05) is 0 Å². The van der Waals surface area contributed by atoms with E-state index in [1.54, 1.807) is 6.26 Å². The smallest absolute Gasteiger partial charge is 0.122 e. The molecular formula is C16H30N2O. The van der Waals surface area contributed by atoms with Gasteiger partial charge in [-0.1, -0.05) is 27.2 Å². The Hall–Kier alpha value is -0.800. The Bertz CT molecular complexity index is 346. The van der Waals surface area contributed by atoms with Crippen molar-refractivity contribution in [2.24, 2.45) is 5.92 Å². The van der Waals surface area contributed by atoms with E-state index >= 15 is 0 Å². The van der Waals surface area contributed by atoms with Crippen LogP contribution in [-0.4, -0.2) is 24.5 Å². The molecule has 3 nitrogen and oxygen atoms in total. The maximum Gasteiger partial charge on any atom is 0.122 e. The molecule has 1 N–H and O–H groups in total. The molecule has 0 aliphatic heterocycles. The molecule has 1 aromatic rings. The van der Waals surface area contributed by atoms with Crippen LogP contribution in [0.1, 0.15) is 51.9 Å². The van der Waals surface area contributed by atoms with E-state index in [-0.39, 0.29) is 0 Å². The van der Waals surface area contributed by atoms with Gasteiger partial charge in [-0.05, 0) is 38.9 Å². The molecule has 0 saturated heterocycles. The molecule has 0 spiro atoms. The van der Waals surface area contributed by atoms with Crippen LogP contribution in [0.25, 0.3) is 0 Å². The van der Waals surface area contributed by atoms with E-state index in [4.69, 9.17) is 4.42 Å². The monoisotopic (exact) mass is 266 g/mol. The summed E-state index contributed by atoms with van der Waals surface area (Å²) in [5, 5.41) is 3.48. The average molecular weight is 266 g/mol. The number of nitrogens with zero attached hydrogens (tertiary/aromatic N) is 1. The molecule has 0 saturated carbocycles. The van der Waals surface area contributed by atoms with Gasteiger partial charge in [0.05, 0.1) is 12.8 Å². The van der Waals surface area contributed by atoms with Gasteiger partial charge in [0.1, 0.15) is 5.76 Å². The summed E-state index contributed by atoms with van der Waals surface area (Å²) < 4.78 is 5.64. The number of nitrogens with one attached hydrogen (secondary N) is 1. The molecule has 19 heavy (non-hydrogen) atoms. The highest BCUT2D eigenvalue weighted by Crippen LogP contribution is 2.15. The van der Waals surface area contributed by atoms with Gasteiger partial charge < -0.3 is 9.73 Å². The summed E-state index contributed by atoms with van der Waals surface area (Å²) in [5.74, 6) is 1.78. The van der Waals surface area contributed by atoms with Crippen LogP contribution in [0.5, 0.6) is 0 Å². The van der Waals surface area contributed by atoms with Crippen LogP contribution in [-0.2, 0) is 13.1 Å². The molecule has 1 rings (SSSR count). The van der Waals surface area contributed by atoms with E-state index < -0.39 is 0 Å². The van der Waals surface area contributed by atoms with Crippen molar-refractivity contribution < 1.29 is 4.42 Å². The molecule has 0 radical (unpaired) electrons. The highest BCUT2D eigenvalue weighted by atomic mass is 16.3. The predicted molar refractivity (Wildman–Crippen MR) is 81.1 cm³/mol. The van der Waals surface area contributed by atoms with Gasteiger partial charge in [-0.25, -0.2) is 0 Å². The van der Waals surface area contributed by atoms with Gasteiger partial charge >= 0.3 is 0 Å². The Morgan fingerprint density at radius 3 is 2.68 bits per heavy atom. The fraction of sp³-hybridized carbons (Fsp3) is 0.750. The van der Waals surface area contributed by atoms with Gasteiger partial charge in [-0.2, -0.15) is 0 Å². The van der Waals surface area contributed by atoms with E-state index in [0.717, 1.165) is 25.4 Å². The zero-order valence-electron chi connectivity index (χ0n) is 13.2. The summed E-state index contributed by atoms with van der Waals surface area (Å²) >= 11 is 0. The van der Waals surface area contributed by atoms with E-state index in [2.05, 4.69) is 51.0 Å². The van der Waals surface area contributed by atoms with Gasteiger partial charge in [0.15, 0.2) is 0 Å². The molecule has 0 aliphatic carbocycles. The van der Waals surface area contributed by atoms with Gasteiger partial charge in [-0.3, -0.25) is 4.90 Å². The third-order valence-electron chi connectivity index (χ3n) is 3.56. The molecule has 1 heterocycles. The van der Waals surface area contributed by atoms with Crippen molar-refractivity contribution in [1.29, 1.82) is 0 Å². The lowest BCUT2D eigenvalue weighted by Gasteiger charge is -2.23. The highest BCUT2D eigenvalue weighted by molar-refractivity contribution is 5.16. The third kappa shape index (κ3) is 5.79. The molecule has 3 heteroatoms. The number of rotatable bonds is 9. The molecule has 1 atom stereocenters. The Labute approximate surface area is 118 Å². The fourth-order valence-corrected chi connectivity index (χ4v) is 2.18. The lowest BCUT2D eigenvalue weighted by atomic mass is 10.1. The Balaban J connectivity index is 2.47. The van der Waals surface area contributed by atoms with Crippen LogP contribution in [0.15, 0.2) is 16.7 Å². The summed E-state index contributed by atoms with van der Waals surface area (Å²) in [6.45, 7) is 11.8. The van der Waals surface area contributed by atoms with Gasteiger partial charge in [0.2, 0.25) is 0 Å². The second kappa shape index (κ2) is 8.39. The highest BCUT2D eigenvalue weighted by Gasteiger charge is 2.13. The second-order valence-electron chi connectivity index (χ2n) is 5.95. The minimum Gasteiger partial charge on any atom is -0.468 e. The largest absolute Gasteiger partial charge is 0.468 e. The summed E-state index contributed by atoms with van der Waals surface area (Å²) in [7, 11) is 2.17. The first-order chi connectivity index (χ1) is 9.04. The summed E-state index contributed by atoms with van der Waals surface area (Å²) in [4.78, 5) is 2.37. The minimum atomic E-state index is 0.603. The van der Waals surface area contributed by atoms with E-state index in [0.29, 0.717) is 12.0 Å². The van der Waals surface area contributed by atoms with Crippen LogP contribution in [0.3, 0.4) is 0 Å². The standard InChI is InChI=1S/C16H30N2O/c1-6-7-14(4)18(5)12-16-15(8-9-19-16)11-17-10-13(2)3/h8-9,13-14,17H,6-7,10-12H2,1-5H3. The molecular weight excluding hydrogens is 236 g/mol. The predicted octanol–water partition coefficient (Wildman–Crippen LogP) is 3.65. The normalized spacial score (nSPS) is 13.4. The topological polar surface area (TPSA) is 28.4 Å². The Morgan fingerprint density at radius 1 is 1.32 bits per heavy atom. The van der Waals surface area contributed by atoms with Crippen molar-refractivity contribution in [2.75, 3.05) is 13.6 Å². The van der Waals surface area contributed by atoms with Crippen LogP contribution in [0, 0.1) is 5.92 Å². The van der Waals surface area contributed by atoms with Crippen molar-refractivity contribution >= 4 is 0 Å². The molecule has 0 aliphatic rings. The van der Waals surface area contributed by atoms with Crippen LogP contribution < -0.4 is 5.32 Å². The van der Waals surface area contributed by atoms with Crippen LogP contribution in [0.4, 0.5) is 0 Å². The lowest BCUT2D eigenvalue weighted by molar-refractivity contribution is 0.218. The van der Waals surface area contributed by atoms with Crippen molar-refractivity contribution in [3.05, 3.63) is 23.7 Å². The van der Waals surface area contributed by atoms with Gasteiger partial charge in [0, 0.05) is 18.2 Å². The number of hydrogen-bond acceptors (Lipinski definition) is 3. The van der Waals surface area contributed by atoms with Gasteiger partial charge in [0.25, 0.3) is 0 Å². The molecule has 0 bridgehead atoms. The summed E-state index contributed by atoms with van der Waals surface area (Å²) in [6.07, 6.45) is 4.27. The fourth-order valence-electron chi connectivity index (χ4n) is 2.18. The third-order valence-corrected chi connectivity index (χ3v) is 3.56. The van der Waals surface area contributed by atoms with Crippen LogP contribution >= 0.6 is 0 Å². The SMILES string of the molecule is CCCC(C)N(C)Cc1occc1CNCC(C)C. The maximum absolute atomic E-state index is 5.64. The molecule has 110 valence electrons. The zero-order valence-corrected chi connectivity index (χ0v) is 13.2.